The van der Waals surface area contributed by atoms with Gasteiger partial charge in [0.15, 0.2) is 5.78 Å². The lowest BCUT2D eigenvalue weighted by molar-refractivity contribution is -0.125. The van der Waals surface area contributed by atoms with E-state index in [1.165, 1.54) is 0 Å². The Morgan fingerprint density at radius 3 is 2.09 bits per heavy atom. The van der Waals surface area contributed by atoms with Gasteiger partial charge in [0.1, 0.15) is 0 Å². The molecule has 0 atom stereocenters. The van der Waals surface area contributed by atoms with E-state index in [1.54, 1.807) is 0 Å². The summed E-state index contributed by atoms with van der Waals surface area (Å²) in [5, 5.41) is 3.10. The van der Waals surface area contributed by atoms with Gasteiger partial charge in [-0.15, -0.1) is 0 Å². The van der Waals surface area contributed by atoms with Crippen molar-refractivity contribution in [3.8, 4) is 0 Å². The van der Waals surface area contributed by atoms with Crippen molar-refractivity contribution in [2.45, 2.75) is 40.7 Å². The first-order valence-electron chi connectivity index (χ1n) is 4.10. The predicted octanol–water partition coefficient (Wildman–Crippen LogP) is 1.60. The van der Waals surface area contributed by atoms with Crippen LogP contribution >= 0.6 is 0 Å². The first kappa shape index (κ1) is 10.6. The van der Waals surface area contributed by atoms with Crippen molar-refractivity contribution >= 4 is 5.78 Å². The molecular weight excluding hydrogens is 138 g/mol. The first-order valence-corrected chi connectivity index (χ1v) is 4.10. The number of Topliss-reactive ketones (excluding diaryl/α,β-unsaturated/α-hetero) is 1. The number of carbonyl (C=O) groups is 1. The number of hydrogen-bond donors (Lipinski definition) is 1. The molecule has 0 aromatic heterocycles. The number of rotatable bonds is 3. The van der Waals surface area contributed by atoms with E-state index in [0.29, 0.717) is 12.6 Å². The van der Waals surface area contributed by atoms with Crippen LogP contribution in [0.4, 0.5) is 0 Å². The summed E-state index contributed by atoms with van der Waals surface area (Å²) in [6.07, 6.45) is 0. The van der Waals surface area contributed by atoms with E-state index >= 15 is 0 Å². The fourth-order valence-corrected chi connectivity index (χ4v) is 0.562. The van der Waals surface area contributed by atoms with Gasteiger partial charge in [0, 0.05) is 11.5 Å². The molecule has 2 heteroatoms. The Bertz CT molecular complexity index is 133. The van der Waals surface area contributed by atoms with Crippen LogP contribution < -0.4 is 5.32 Å². The average molecular weight is 157 g/mol. The van der Waals surface area contributed by atoms with Crippen LogP contribution in [-0.2, 0) is 4.79 Å². The van der Waals surface area contributed by atoms with Gasteiger partial charge in [-0.25, -0.2) is 0 Å². The van der Waals surface area contributed by atoms with E-state index in [1.807, 2.05) is 34.6 Å². The molecule has 0 saturated heterocycles. The summed E-state index contributed by atoms with van der Waals surface area (Å²) in [4.78, 5) is 11.3. The Morgan fingerprint density at radius 2 is 1.82 bits per heavy atom. The van der Waals surface area contributed by atoms with Gasteiger partial charge in [-0.2, -0.15) is 0 Å². The zero-order valence-electron chi connectivity index (χ0n) is 8.19. The molecule has 0 aliphatic rings. The summed E-state index contributed by atoms with van der Waals surface area (Å²) in [5.41, 5.74) is -0.206. The lowest BCUT2D eigenvalue weighted by atomic mass is 9.91. The van der Waals surface area contributed by atoms with Gasteiger partial charge in [0.05, 0.1) is 6.54 Å². The molecular formula is C9H19NO. The molecule has 11 heavy (non-hydrogen) atoms. The van der Waals surface area contributed by atoms with Crippen LogP contribution in [-0.4, -0.2) is 18.4 Å². The molecule has 0 radical (unpaired) electrons. The van der Waals surface area contributed by atoms with Crippen molar-refractivity contribution in [2.75, 3.05) is 6.54 Å². The van der Waals surface area contributed by atoms with Crippen LogP contribution in [0, 0.1) is 5.41 Å². The average Bonchev–Trinajstić information content (AvgIpc) is 1.80. The topological polar surface area (TPSA) is 29.1 Å². The van der Waals surface area contributed by atoms with Gasteiger partial charge in [0.2, 0.25) is 0 Å². The van der Waals surface area contributed by atoms with Gasteiger partial charge < -0.3 is 5.32 Å². The zero-order chi connectivity index (χ0) is 9.07. The maximum absolute atomic E-state index is 11.3. The normalized spacial score (nSPS) is 12.2. The molecule has 0 aliphatic heterocycles. The van der Waals surface area contributed by atoms with E-state index in [2.05, 4.69) is 5.32 Å². The minimum Gasteiger partial charge on any atom is -0.308 e. The van der Waals surface area contributed by atoms with Gasteiger partial charge in [-0.3, -0.25) is 4.79 Å². The minimum absolute atomic E-state index is 0.206. The van der Waals surface area contributed by atoms with Crippen molar-refractivity contribution in [1.82, 2.24) is 5.32 Å². The zero-order valence-corrected chi connectivity index (χ0v) is 8.19. The maximum Gasteiger partial charge on any atom is 0.151 e. The molecule has 0 aliphatic carbocycles. The lowest BCUT2D eigenvalue weighted by Gasteiger charge is -2.17. The van der Waals surface area contributed by atoms with Crippen molar-refractivity contribution in [2.24, 2.45) is 5.41 Å². The van der Waals surface area contributed by atoms with E-state index in [9.17, 15) is 4.79 Å². The molecule has 1 N–H and O–H groups in total. The SMILES string of the molecule is CC(C)NCC(=O)C(C)(C)C. The number of hydrogen-bond acceptors (Lipinski definition) is 2. The second kappa shape index (κ2) is 3.86. The molecule has 0 heterocycles. The van der Waals surface area contributed by atoms with Crippen molar-refractivity contribution in [3.05, 3.63) is 0 Å². The highest BCUT2D eigenvalue weighted by Gasteiger charge is 2.20. The Hall–Kier alpha value is -0.370. The van der Waals surface area contributed by atoms with Crippen molar-refractivity contribution in [3.63, 3.8) is 0 Å². The fraction of sp³-hybridized carbons (Fsp3) is 0.889. The van der Waals surface area contributed by atoms with E-state index < -0.39 is 0 Å². The molecule has 0 aromatic carbocycles. The third-order valence-electron chi connectivity index (χ3n) is 1.51. The molecule has 0 spiro atoms. The number of nitrogens with one attached hydrogen (secondary N) is 1. The van der Waals surface area contributed by atoms with Crippen LogP contribution in [0.3, 0.4) is 0 Å². The minimum atomic E-state index is -0.206. The van der Waals surface area contributed by atoms with Crippen molar-refractivity contribution < 1.29 is 4.79 Å². The highest BCUT2D eigenvalue weighted by molar-refractivity contribution is 5.85. The number of ketones is 1. The molecule has 0 amide bonds. The van der Waals surface area contributed by atoms with Gasteiger partial charge >= 0.3 is 0 Å². The molecule has 0 unspecified atom stereocenters. The summed E-state index contributed by atoms with van der Waals surface area (Å²) in [7, 11) is 0. The number of carbonyl (C=O) groups excluding carboxylic acids is 1. The van der Waals surface area contributed by atoms with Crippen LogP contribution in [0.2, 0.25) is 0 Å². The van der Waals surface area contributed by atoms with Gasteiger partial charge in [-0.05, 0) is 0 Å². The Morgan fingerprint density at radius 1 is 1.36 bits per heavy atom. The maximum atomic E-state index is 11.3. The molecule has 66 valence electrons. The second-order valence-corrected chi connectivity index (χ2v) is 4.21. The predicted molar refractivity (Wildman–Crippen MR) is 47.6 cm³/mol. The van der Waals surface area contributed by atoms with Crippen LogP contribution in [0.15, 0.2) is 0 Å². The van der Waals surface area contributed by atoms with Crippen molar-refractivity contribution in [1.29, 1.82) is 0 Å². The fourth-order valence-electron chi connectivity index (χ4n) is 0.562. The monoisotopic (exact) mass is 157 g/mol. The first-order chi connectivity index (χ1) is 4.84. The Kier molecular flexibility index (Phi) is 3.73. The van der Waals surface area contributed by atoms with E-state index in [-0.39, 0.29) is 11.2 Å². The molecule has 0 aromatic rings. The Balaban J connectivity index is 3.71. The van der Waals surface area contributed by atoms with E-state index in [4.69, 9.17) is 0 Å². The third-order valence-corrected chi connectivity index (χ3v) is 1.51. The largest absolute Gasteiger partial charge is 0.308 e. The summed E-state index contributed by atoms with van der Waals surface area (Å²) in [6, 6.07) is 0.390. The summed E-state index contributed by atoms with van der Waals surface area (Å²) < 4.78 is 0. The standard InChI is InChI=1S/C9H19NO/c1-7(2)10-6-8(11)9(3,4)5/h7,10H,6H2,1-5H3. The molecule has 2 nitrogen and oxygen atoms in total. The molecule has 0 fully saturated rings. The molecule has 0 bridgehead atoms. The smallest absolute Gasteiger partial charge is 0.151 e. The van der Waals surface area contributed by atoms with Crippen LogP contribution in [0.5, 0.6) is 0 Å². The quantitative estimate of drug-likeness (QED) is 0.674. The summed E-state index contributed by atoms with van der Waals surface area (Å²) in [6.45, 7) is 10.4. The second-order valence-electron chi connectivity index (χ2n) is 4.21. The van der Waals surface area contributed by atoms with Crippen LogP contribution in [0.1, 0.15) is 34.6 Å². The summed E-state index contributed by atoms with van der Waals surface area (Å²) in [5.74, 6) is 0.270. The van der Waals surface area contributed by atoms with Gasteiger partial charge in [-0.1, -0.05) is 34.6 Å². The van der Waals surface area contributed by atoms with Crippen LogP contribution in [0.25, 0.3) is 0 Å². The van der Waals surface area contributed by atoms with Gasteiger partial charge in [0.25, 0.3) is 0 Å². The Labute approximate surface area is 69.4 Å². The highest BCUT2D eigenvalue weighted by Crippen LogP contribution is 2.13. The molecule has 0 saturated carbocycles. The van der Waals surface area contributed by atoms with E-state index in [0.717, 1.165) is 0 Å². The lowest BCUT2D eigenvalue weighted by Crippen LogP contribution is -2.35. The highest BCUT2D eigenvalue weighted by atomic mass is 16.1. The third kappa shape index (κ3) is 4.96. The molecule has 0 rings (SSSR count). The summed E-state index contributed by atoms with van der Waals surface area (Å²) >= 11 is 0.